The fourth-order valence-corrected chi connectivity index (χ4v) is 2.51. The molecule has 0 spiro atoms. The number of methoxy groups -OCH3 is 1. The molecule has 0 aliphatic carbocycles. The Bertz CT molecular complexity index is 544. The Kier molecular flexibility index (Phi) is 9.62. The molecule has 0 radical (unpaired) electrons. The molecule has 1 aromatic rings. The van der Waals surface area contributed by atoms with Crippen molar-refractivity contribution in [3.8, 4) is 5.75 Å². The quantitative estimate of drug-likeness (QED) is 0.574. The van der Waals surface area contributed by atoms with Crippen LogP contribution in [0.25, 0.3) is 0 Å². The van der Waals surface area contributed by atoms with E-state index < -0.39 is 0 Å². The van der Waals surface area contributed by atoms with Crippen molar-refractivity contribution in [1.82, 2.24) is 9.80 Å². The van der Waals surface area contributed by atoms with Gasteiger partial charge in [-0.15, -0.1) is 0 Å². The molecule has 1 aromatic carbocycles. The number of ether oxygens (including phenoxy) is 2. The zero-order chi connectivity index (χ0) is 18.7. The Labute approximate surface area is 150 Å². The maximum atomic E-state index is 12.9. The standard InChI is InChI=1S/C19H30N2O4/c1-5-20(6-2)13-14-21(12-11-18(22)25-7-3)19(23)16-9-8-10-17(15-16)24-4/h8-10,15H,5-7,11-14H2,1-4H3. The molecule has 0 saturated carbocycles. The van der Waals surface area contributed by atoms with Gasteiger partial charge in [0.25, 0.3) is 5.91 Å². The third-order valence-corrected chi connectivity index (χ3v) is 4.08. The van der Waals surface area contributed by atoms with Crippen LogP contribution < -0.4 is 4.74 Å². The third kappa shape index (κ3) is 7.13. The van der Waals surface area contributed by atoms with E-state index in [2.05, 4.69) is 18.7 Å². The average Bonchev–Trinajstić information content (AvgIpc) is 2.64. The summed E-state index contributed by atoms with van der Waals surface area (Å²) >= 11 is 0. The van der Waals surface area contributed by atoms with Gasteiger partial charge in [0.1, 0.15) is 5.75 Å². The number of hydrogen-bond donors (Lipinski definition) is 0. The van der Waals surface area contributed by atoms with Crippen molar-refractivity contribution >= 4 is 11.9 Å². The summed E-state index contributed by atoms with van der Waals surface area (Å²) in [5.41, 5.74) is 0.558. The third-order valence-electron chi connectivity index (χ3n) is 4.08. The van der Waals surface area contributed by atoms with E-state index in [9.17, 15) is 9.59 Å². The Morgan fingerprint density at radius 2 is 1.76 bits per heavy atom. The highest BCUT2D eigenvalue weighted by molar-refractivity contribution is 5.94. The summed E-state index contributed by atoms with van der Waals surface area (Å²) in [6.45, 7) is 9.84. The van der Waals surface area contributed by atoms with Gasteiger partial charge in [-0.05, 0) is 38.2 Å². The summed E-state index contributed by atoms with van der Waals surface area (Å²) in [5.74, 6) is 0.254. The van der Waals surface area contributed by atoms with Gasteiger partial charge < -0.3 is 19.3 Å². The summed E-state index contributed by atoms with van der Waals surface area (Å²) < 4.78 is 10.2. The summed E-state index contributed by atoms with van der Waals surface area (Å²) in [5, 5.41) is 0. The van der Waals surface area contributed by atoms with Gasteiger partial charge in [0.05, 0.1) is 20.1 Å². The van der Waals surface area contributed by atoms with Crippen LogP contribution in [0.5, 0.6) is 5.75 Å². The molecule has 0 N–H and O–H groups in total. The predicted octanol–water partition coefficient (Wildman–Crippen LogP) is 2.43. The minimum absolute atomic E-state index is 0.102. The molecule has 0 fully saturated rings. The Balaban J connectivity index is 2.83. The predicted molar refractivity (Wildman–Crippen MR) is 97.9 cm³/mol. The fourth-order valence-electron chi connectivity index (χ4n) is 2.51. The molecular formula is C19H30N2O4. The van der Waals surface area contributed by atoms with Crippen LogP contribution in [-0.2, 0) is 9.53 Å². The second kappa shape index (κ2) is 11.5. The molecule has 0 aliphatic rings. The van der Waals surface area contributed by atoms with Gasteiger partial charge in [0, 0.05) is 25.2 Å². The topological polar surface area (TPSA) is 59.1 Å². The second-order valence-electron chi connectivity index (χ2n) is 5.61. The van der Waals surface area contributed by atoms with Crippen LogP contribution in [0.2, 0.25) is 0 Å². The second-order valence-corrected chi connectivity index (χ2v) is 5.61. The lowest BCUT2D eigenvalue weighted by atomic mass is 10.1. The molecule has 0 aromatic heterocycles. The van der Waals surface area contributed by atoms with Crippen molar-refractivity contribution in [3.63, 3.8) is 0 Å². The van der Waals surface area contributed by atoms with Gasteiger partial charge in [-0.1, -0.05) is 19.9 Å². The molecule has 6 nitrogen and oxygen atoms in total. The van der Waals surface area contributed by atoms with Crippen molar-refractivity contribution in [1.29, 1.82) is 0 Å². The largest absolute Gasteiger partial charge is 0.497 e. The SMILES string of the molecule is CCOC(=O)CCN(CCN(CC)CC)C(=O)c1cccc(OC)c1. The molecule has 0 unspecified atom stereocenters. The van der Waals surface area contributed by atoms with E-state index in [1.165, 1.54) is 0 Å². The summed E-state index contributed by atoms with van der Waals surface area (Å²) in [6, 6.07) is 7.08. The van der Waals surface area contributed by atoms with Crippen LogP contribution >= 0.6 is 0 Å². The van der Waals surface area contributed by atoms with E-state index >= 15 is 0 Å². The highest BCUT2D eigenvalue weighted by Crippen LogP contribution is 2.15. The number of hydrogen-bond acceptors (Lipinski definition) is 5. The monoisotopic (exact) mass is 350 g/mol. The molecule has 0 heterocycles. The zero-order valence-corrected chi connectivity index (χ0v) is 15.8. The number of esters is 1. The maximum Gasteiger partial charge on any atom is 0.307 e. The van der Waals surface area contributed by atoms with Gasteiger partial charge in [0.15, 0.2) is 0 Å². The van der Waals surface area contributed by atoms with Crippen LogP contribution in [0, 0.1) is 0 Å². The van der Waals surface area contributed by atoms with Gasteiger partial charge >= 0.3 is 5.97 Å². The van der Waals surface area contributed by atoms with Crippen LogP contribution in [0.3, 0.4) is 0 Å². The van der Waals surface area contributed by atoms with Gasteiger partial charge in [0.2, 0.25) is 0 Å². The van der Waals surface area contributed by atoms with Crippen LogP contribution in [0.4, 0.5) is 0 Å². The first kappa shape index (κ1) is 21.0. The molecule has 140 valence electrons. The highest BCUT2D eigenvalue weighted by atomic mass is 16.5. The number of carbonyl (C=O) groups excluding carboxylic acids is 2. The van der Waals surface area contributed by atoms with Crippen molar-refractivity contribution in [2.45, 2.75) is 27.2 Å². The lowest BCUT2D eigenvalue weighted by Crippen LogP contribution is -2.40. The first-order chi connectivity index (χ1) is 12.0. The molecule has 6 heteroatoms. The smallest absolute Gasteiger partial charge is 0.307 e. The molecule has 25 heavy (non-hydrogen) atoms. The van der Waals surface area contributed by atoms with Crippen LogP contribution in [-0.4, -0.2) is 68.1 Å². The number of rotatable bonds is 11. The molecule has 0 aliphatic heterocycles. The minimum atomic E-state index is -0.284. The zero-order valence-electron chi connectivity index (χ0n) is 15.8. The van der Waals surface area contributed by atoms with E-state index in [4.69, 9.17) is 9.47 Å². The van der Waals surface area contributed by atoms with Crippen molar-refractivity contribution in [2.24, 2.45) is 0 Å². The van der Waals surface area contributed by atoms with Crippen LogP contribution in [0.15, 0.2) is 24.3 Å². The van der Waals surface area contributed by atoms with E-state index in [1.807, 2.05) is 0 Å². The lowest BCUT2D eigenvalue weighted by Gasteiger charge is -2.26. The van der Waals surface area contributed by atoms with Crippen molar-refractivity contribution in [2.75, 3.05) is 46.4 Å². The number of amides is 1. The van der Waals surface area contributed by atoms with E-state index in [0.717, 1.165) is 19.6 Å². The van der Waals surface area contributed by atoms with E-state index in [0.29, 0.717) is 31.0 Å². The Morgan fingerprint density at radius 3 is 2.36 bits per heavy atom. The van der Waals surface area contributed by atoms with Gasteiger partial charge in [-0.25, -0.2) is 0 Å². The Hall–Kier alpha value is -2.08. The van der Waals surface area contributed by atoms with Crippen molar-refractivity contribution in [3.05, 3.63) is 29.8 Å². The van der Waals surface area contributed by atoms with Crippen LogP contribution in [0.1, 0.15) is 37.6 Å². The van der Waals surface area contributed by atoms with Gasteiger partial charge in [-0.2, -0.15) is 0 Å². The Morgan fingerprint density at radius 1 is 1.04 bits per heavy atom. The summed E-state index contributed by atoms with van der Waals surface area (Å²) in [7, 11) is 1.57. The maximum absolute atomic E-state index is 12.9. The molecule has 0 atom stereocenters. The molecule has 0 saturated heterocycles. The minimum Gasteiger partial charge on any atom is -0.497 e. The summed E-state index contributed by atoms with van der Waals surface area (Å²) in [4.78, 5) is 28.5. The molecular weight excluding hydrogens is 320 g/mol. The number of nitrogens with zero attached hydrogens (tertiary/aromatic N) is 2. The molecule has 1 amide bonds. The first-order valence-corrected chi connectivity index (χ1v) is 8.86. The fraction of sp³-hybridized carbons (Fsp3) is 0.579. The van der Waals surface area contributed by atoms with E-state index in [-0.39, 0.29) is 18.3 Å². The number of likely N-dealkylation sites (N-methyl/N-ethyl adjacent to an activating group) is 1. The van der Waals surface area contributed by atoms with Crippen molar-refractivity contribution < 1.29 is 19.1 Å². The molecule has 0 bridgehead atoms. The molecule has 1 rings (SSSR count). The average molecular weight is 350 g/mol. The first-order valence-electron chi connectivity index (χ1n) is 8.86. The van der Waals surface area contributed by atoms with Gasteiger partial charge in [-0.3, -0.25) is 9.59 Å². The highest BCUT2D eigenvalue weighted by Gasteiger charge is 2.18. The summed E-state index contributed by atoms with van der Waals surface area (Å²) in [6.07, 6.45) is 0.196. The lowest BCUT2D eigenvalue weighted by molar-refractivity contribution is -0.143. The normalized spacial score (nSPS) is 10.6. The van der Waals surface area contributed by atoms with E-state index in [1.54, 1.807) is 43.2 Å². The number of carbonyl (C=O) groups is 2. The number of benzene rings is 1.